The first kappa shape index (κ1) is 16.4. The molecule has 5 heteroatoms. The molecule has 0 saturated carbocycles. The van der Waals surface area contributed by atoms with Crippen molar-refractivity contribution in [3.63, 3.8) is 0 Å². The van der Waals surface area contributed by atoms with Gasteiger partial charge >= 0.3 is 0 Å². The Bertz CT molecular complexity index is 257. The number of aliphatic hydroxyl groups excluding tert-OH is 1. The molecule has 0 aromatic rings. The van der Waals surface area contributed by atoms with Crippen LogP contribution >= 0.6 is 0 Å². The second-order valence-corrected chi connectivity index (χ2v) is 5.12. The second kappa shape index (κ2) is 8.51. The minimum atomic E-state index is 0.212. The predicted molar refractivity (Wildman–Crippen MR) is 77.1 cm³/mol. The van der Waals surface area contributed by atoms with Gasteiger partial charge < -0.3 is 10.0 Å². The number of amides is 1. The van der Waals surface area contributed by atoms with Gasteiger partial charge in [-0.25, -0.2) is 0 Å². The molecular weight excluding hydrogens is 242 g/mol. The highest BCUT2D eigenvalue weighted by molar-refractivity contribution is 5.78. The van der Waals surface area contributed by atoms with Crippen LogP contribution in [0.1, 0.15) is 27.2 Å². The first-order chi connectivity index (χ1) is 9.15. The first-order valence-electron chi connectivity index (χ1n) is 7.51. The van der Waals surface area contributed by atoms with E-state index in [0.29, 0.717) is 6.54 Å². The molecule has 0 aromatic carbocycles. The molecule has 5 nitrogen and oxygen atoms in total. The van der Waals surface area contributed by atoms with Crippen molar-refractivity contribution in [2.75, 3.05) is 52.4 Å². The maximum atomic E-state index is 12.2. The highest BCUT2D eigenvalue weighted by Gasteiger charge is 2.25. The van der Waals surface area contributed by atoms with Crippen molar-refractivity contribution in [1.29, 1.82) is 0 Å². The fourth-order valence-corrected chi connectivity index (χ4v) is 2.58. The molecule has 0 bridgehead atoms. The van der Waals surface area contributed by atoms with Gasteiger partial charge in [-0.05, 0) is 19.5 Å². The van der Waals surface area contributed by atoms with Crippen LogP contribution in [-0.4, -0.2) is 84.2 Å². The lowest BCUT2D eigenvalue weighted by Crippen LogP contribution is -2.54. The maximum Gasteiger partial charge on any atom is 0.236 e. The largest absolute Gasteiger partial charge is 0.395 e. The van der Waals surface area contributed by atoms with E-state index in [0.717, 1.165) is 45.7 Å². The molecule has 1 N–H and O–H groups in total. The van der Waals surface area contributed by atoms with E-state index in [1.54, 1.807) is 0 Å². The van der Waals surface area contributed by atoms with Crippen LogP contribution in [-0.2, 0) is 4.79 Å². The summed E-state index contributed by atoms with van der Waals surface area (Å²) >= 11 is 0. The molecule has 1 unspecified atom stereocenters. The summed E-state index contributed by atoms with van der Waals surface area (Å²) in [4.78, 5) is 18.6. The van der Waals surface area contributed by atoms with Crippen molar-refractivity contribution in [2.24, 2.45) is 0 Å². The molecule has 1 amide bonds. The Hall–Kier alpha value is -0.650. The van der Waals surface area contributed by atoms with E-state index >= 15 is 0 Å². The average Bonchev–Trinajstić information content (AvgIpc) is 2.46. The summed E-state index contributed by atoms with van der Waals surface area (Å²) < 4.78 is 0. The number of nitrogens with zero attached hydrogens (tertiary/aromatic N) is 3. The molecule has 1 rings (SSSR count). The number of rotatable bonds is 7. The Morgan fingerprint density at radius 2 is 1.74 bits per heavy atom. The summed E-state index contributed by atoms with van der Waals surface area (Å²) in [6, 6.07) is 0.250. The molecule has 1 fully saturated rings. The molecule has 0 spiro atoms. The van der Waals surface area contributed by atoms with Gasteiger partial charge in [0.05, 0.1) is 13.2 Å². The fourth-order valence-electron chi connectivity index (χ4n) is 2.58. The lowest BCUT2D eigenvalue weighted by atomic mass is 10.1. The van der Waals surface area contributed by atoms with Gasteiger partial charge in [-0.1, -0.05) is 20.8 Å². The van der Waals surface area contributed by atoms with Crippen molar-refractivity contribution >= 4 is 5.91 Å². The molecule has 0 aromatic heterocycles. The summed E-state index contributed by atoms with van der Waals surface area (Å²) in [6.07, 6.45) is 0.962. The number of aliphatic hydroxyl groups is 1. The Labute approximate surface area is 117 Å². The highest BCUT2D eigenvalue weighted by Crippen LogP contribution is 2.09. The van der Waals surface area contributed by atoms with Gasteiger partial charge in [0, 0.05) is 32.2 Å². The Balaban J connectivity index is 2.38. The van der Waals surface area contributed by atoms with E-state index in [-0.39, 0.29) is 18.6 Å². The molecule has 1 aliphatic heterocycles. The SMILES string of the molecule is CCC(CO)N1CCN(C(=O)CN(CC)CC)CC1. The number of hydrogen-bond donors (Lipinski definition) is 1. The van der Waals surface area contributed by atoms with Gasteiger partial charge in [0.2, 0.25) is 5.91 Å². The molecule has 1 heterocycles. The number of carbonyl (C=O) groups is 1. The topological polar surface area (TPSA) is 47.0 Å². The van der Waals surface area contributed by atoms with Crippen LogP contribution in [0.15, 0.2) is 0 Å². The van der Waals surface area contributed by atoms with E-state index in [1.807, 2.05) is 4.90 Å². The lowest BCUT2D eigenvalue weighted by Gasteiger charge is -2.39. The van der Waals surface area contributed by atoms with E-state index in [4.69, 9.17) is 0 Å². The highest BCUT2D eigenvalue weighted by atomic mass is 16.3. The summed E-state index contributed by atoms with van der Waals surface area (Å²) in [5.74, 6) is 0.236. The summed E-state index contributed by atoms with van der Waals surface area (Å²) in [7, 11) is 0. The maximum absolute atomic E-state index is 12.2. The van der Waals surface area contributed by atoms with Crippen molar-refractivity contribution in [3.8, 4) is 0 Å². The van der Waals surface area contributed by atoms with Crippen LogP contribution < -0.4 is 0 Å². The Kier molecular flexibility index (Phi) is 7.34. The van der Waals surface area contributed by atoms with Crippen LogP contribution in [0.2, 0.25) is 0 Å². The Morgan fingerprint density at radius 3 is 2.16 bits per heavy atom. The minimum absolute atomic E-state index is 0.212. The molecular formula is C14H29N3O2. The van der Waals surface area contributed by atoms with Crippen molar-refractivity contribution in [1.82, 2.24) is 14.7 Å². The van der Waals surface area contributed by atoms with Gasteiger partial charge in [-0.15, -0.1) is 0 Å². The third kappa shape index (κ3) is 4.75. The lowest BCUT2D eigenvalue weighted by molar-refractivity contribution is -0.134. The van der Waals surface area contributed by atoms with Gasteiger partial charge in [0.25, 0.3) is 0 Å². The fraction of sp³-hybridized carbons (Fsp3) is 0.929. The quantitative estimate of drug-likeness (QED) is 0.721. The van der Waals surface area contributed by atoms with E-state index in [9.17, 15) is 9.90 Å². The molecule has 112 valence electrons. The molecule has 1 saturated heterocycles. The predicted octanol–water partition coefficient (Wildman–Crippen LogP) is 0.243. The number of carbonyl (C=O) groups excluding carboxylic acids is 1. The molecule has 19 heavy (non-hydrogen) atoms. The van der Waals surface area contributed by atoms with Crippen molar-refractivity contribution < 1.29 is 9.90 Å². The van der Waals surface area contributed by atoms with Gasteiger partial charge in [-0.2, -0.15) is 0 Å². The van der Waals surface area contributed by atoms with Crippen LogP contribution in [0.3, 0.4) is 0 Å². The number of hydrogen-bond acceptors (Lipinski definition) is 4. The third-order valence-corrected chi connectivity index (χ3v) is 4.12. The Morgan fingerprint density at radius 1 is 1.16 bits per heavy atom. The van der Waals surface area contributed by atoms with Crippen LogP contribution in [0.4, 0.5) is 0 Å². The normalized spacial score (nSPS) is 18.9. The zero-order valence-corrected chi connectivity index (χ0v) is 12.6. The van der Waals surface area contributed by atoms with Crippen LogP contribution in [0.25, 0.3) is 0 Å². The molecule has 1 atom stereocenters. The zero-order valence-electron chi connectivity index (χ0n) is 12.6. The standard InChI is InChI=1S/C14H29N3O2/c1-4-13(12-18)16-7-9-17(10-8-16)14(19)11-15(5-2)6-3/h13,18H,4-12H2,1-3H3. The van der Waals surface area contributed by atoms with Gasteiger partial charge in [0.15, 0.2) is 0 Å². The van der Waals surface area contributed by atoms with Crippen LogP contribution in [0.5, 0.6) is 0 Å². The average molecular weight is 271 g/mol. The minimum Gasteiger partial charge on any atom is -0.395 e. The van der Waals surface area contributed by atoms with E-state index in [1.165, 1.54) is 0 Å². The van der Waals surface area contributed by atoms with Crippen molar-refractivity contribution in [2.45, 2.75) is 33.2 Å². The summed E-state index contributed by atoms with van der Waals surface area (Å²) in [5.41, 5.74) is 0. The summed E-state index contributed by atoms with van der Waals surface area (Å²) in [5, 5.41) is 9.31. The van der Waals surface area contributed by atoms with Gasteiger partial charge in [0.1, 0.15) is 0 Å². The van der Waals surface area contributed by atoms with E-state index < -0.39 is 0 Å². The van der Waals surface area contributed by atoms with Gasteiger partial charge in [-0.3, -0.25) is 14.6 Å². The first-order valence-corrected chi connectivity index (χ1v) is 7.51. The smallest absolute Gasteiger partial charge is 0.236 e. The molecule has 0 radical (unpaired) electrons. The third-order valence-electron chi connectivity index (χ3n) is 4.12. The summed E-state index contributed by atoms with van der Waals surface area (Å²) in [6.45, 7) is 12.2. The van der Waals surface area contributed by atoms with E-state index in [2.05, 4.69) is 30.6 Å². The number of piperazine rings is 1. The van der Waals surface area contributed by atoms with Crippen LogP contribution in [0, 0.1) is 0 Å². The van der Waals surface area contributed by atoms with Crippen molar-refractivity contribution in [3.05, 3.63) is 0 Å². The molecule has 1 aliphatic rings. The number of likely N-dealkylation sites (N-methyl/N-ethyl adjacent to an activating group) is 1. The second-order valence-electron chi connectivity index (χ2n) is 5.12. The molecule has 0 aliphatic carbocycles. The zero-order chi connectivity index (χ0) is 14.3. The monoisotopic (exact) mass is 271 g/mol.